The van der Waals surface area contributed by atoms with Crippen LogP contribution >= 0.6 is 0 Å². The van der Waals surface area contributed by atoms with Gasteiger partial charge in [0.25, 0.3) is 10.0 Å². The summed E-state index contributed by atoms with van der Waals surface area (Å²) in [7, 11) is -2.52. The third-order valence-corrected chi connectivity index (χ3v) is 2.78. The lowest BCUT2D eigenvalue weighted by Crippen LogP contribution is -2.09. The van der Waals surface area contributed by atoms with Gasteiger partial charge in [-0.05, 0) is 0 Å². The molecule has 0 spiro atoms. The van der Waals surface area contributed by atoms with Crippen molar-refractivity contribution in [3.05, 3.63) is 10.5 Å². The van der Waals surface area contributed by atoms with Gasteiger partial charge in [0.15, 0.2) is 0 Å². The Hall–Kier alpha value is -1.21. The molecule has 0 amide bonds. The molecule has 72 valence electrons. The summed E-state index contributed by atoms with van der Waals surface area (Å²) in [5, 5.41) is 8.57. The molecule has 0 bridgehead atoms. The quantitative estimate of drug-likeness (QED) is 0.663. The number of ether oxygens (including phenoxy) is 1. The lowest BCUT2D eigenvalue weighted by atomic mass is 10.3. The Morgan fingerprint density at radius 3 is 2.77 bits per heavy atom. The molecule has 0 aromatic carbocycles. The molecule has 13 heavy (non-hydrogen) atoms. The minimum Gasteiger partial charge on any atom is -0.478 e. The maximum absolute atomic E-state index is 11.1. The van der Waals surface area contributed by atoms with Crippen molar-refractivity contribution < 1.29 is 23.1 Å². The lowest BCUT2D eigenvalue weighted by Gasteiger charge is -1.99. The van der Waals surface area contributed by atoms with Crippen LogP contribution in [0.1, 0.15) is 0 Å². The number of carboxylic acids is 1. The van der Waals surface area contributed by atoms with Crippen molar-refractivity contribution in [3.63, 3.8) is 0 Å². The molecule has 1 aliphatic heterocycles. The Balaban J connectivity index is 3.20. The molecular weight excluding hydrogens is 198 g/mol. The highest BCUT2D eigenvalue weighted by Crippen LogP contribution is 2.19. The minimum absolute atomic E-state index is 0.274. The van der Waals surface area contributed by atoms with Crippen molar-refractivity contribution in [1.82, 2.24) is 0 Å². The van der Waals surface area contributed by atoms with E-state index in [9.17, 15) is 13.2 Å². The lowest BCUT2D eigenvalue weighted by molar-refractivity contribution is -0.132. The molecule has 6 nitrogen and oxygen atoms in total. The zero-order chi connectivity index (χ0) is 10.1. The van der Waals surface area contributed by atoms with E-state index < -0.39 is 16.0 Å². The smallest absolute Gasteiger partial charge is 0.338 e. The molecule has 7 heteroatoms. The highest BCUT2D eigenvalue weighted by molar-refractivity contribution is 7.94. The Kier molecular flexibility index (Phi) is 2.48. The summed E-state index contributed by atoms with van der Waals surface area (Å²) >= 11 is 0. The number of hydrogen-bond donors (Lipinski definition) is 1. The largest absolute Gasteiger partial charge is 0.478 e. The molecule has 0 fully saturated rings. The molecule has 1 N–H and O–H groups in total. The summed E-state index contributed by atoms with van der Waals surface area (Å²) in [6, 6.07) is 0. The molecule has 0 aromatic rings. The Labute approximate surface area is 74.6 Å². The average Bonchev–Trinajstić information content (AvgIpc) is 2.29. The van der Waals surface area contributed by atoms with Crippen LogP contribution < -0.4 is 0 Å². The van der Waals surface area contributed by atoms with E-state index in [1.807, 2.05) is 0 Å². The van der Waals surface area contributed by atoms with Gasteiger partial charge in [0, 0.05) is 7.11 Å². The first-order valence-electron chi connectivity index (χ1n) is 3.25. The van der Waals surface area contributed by atoms with E-state index in [0.29, 0.717) is 0 Å². The van der Waals surface area contributed by atoms with Gasteiger partial charge in [0.05, 0.1) is 18.4 Å². The summed E-state index contributed by atoms with van der Waals surface area (Å²) in [6.07, 6.45) is 0.812. The maximum Gasteiger partial charge on any atom is 0.338 e. The highest BCUT2D eigenvalue weighted by Gasteiger charge is 2.29. The van der Waals surface area contributed by atoms with Crippen LogP contribution in [0.15, 0.2) is 14.9 Å². The number of methoxy groups -OCH3 is 1. The Bertz CT molecular complexity index is 391. The topological polar surface area (TPSA) is 93.0 Å². The molecule has 0 atom stereocenters. The van der Waals surface area contributed by atoms with Crippen molar-refractivity contribution in [2.24, 2.45) is 4.40 Å². The summed E-state index contributed by atoms with van der Waals surface area (Å²) in [4.78, 5) is 10.2. The van der Waals surface area contributed by atoms with Crippen LogP contribution in [-0.4, -0.2) is 39.4 Å². The zero-order valence-corrected chi connectivity index (χ0v) is 7.54. The molecule has 0 saturated carbocycles. The number of hydrogen-bond acceptors (Lipinski definition) is 4. The molecule has 1 rings (SSSR count). The van der Waals surface area contributed by atoms with Crippen molar-refractivity contribution in [2.75, 3.05) is 13.7 Å². The van der Waals surface area contributed by atoms with Gasteiger partial charge >= 0.3 is 5.97 Å². The fourth-order valence-electron chi connectivity index (χ4n) is 0.854. The van der Waals surface area contributed by atoms with Gasteiger partial charge in [-0.2, -0.15) is 12.8 Å². The predicted octanol–water partition coefficient (Wildman–Crippen LogP) is -0.614. The van der Waals surface area contributed by atoms with Crippen molar-refractivity contribution in [2.45, 2.75) is 0 Å². The van der Waals surface area contributed by atoms with Gasteiger partial charge in [-0.15, -0.1) is 0 Å². The third-order valence-electron chi connectivity index (χ3n) is 1.44. The zero-order valence-electron chi connectivity index (χ0n) is 6.72. The van der Waals surface area contributed by atoms with Crippen LogP contribution in [-0.2, 0) is 19.6 Å². The molecule has 1 heterocycles. The molecule has 0 aliphatic carbocycles. The molecule has 0 radical (unpaired) electrons. The second-order valence-corrected chi connectivity index (χ2v) is 3.94. The Morgan fingerprint density at radius 2 is 2.31 bits per heavy atom. The Morgan fingerprint density at radius 1 is 1.69 bits per heavy atom. The SMILES string of the molecule is COCC1=C(C(=O)O)C=NS1(=O)=O. The van der Waals surface area contributed by atoms with E-state index in [1.54, 1.807) is 0 Å². The monoisotopic (exact) mass is 205 g/mol. The first-order valence-corrected chi connectivity index (χ1v) is 4.69. The molecule has 1 aliphatic rings. The summed E-state index contributed by atoms with van der Waals surface area (Å²) in [6.45, 7) is -0.274. The number of aliphatic carboxylic acids is 1. The van der Waals surface area contributed by atoms with Crippen LogP contribution in [0, 0.1) is 0 Å². The summed E-state index contributed by atoms with van der Waals surface area (Å²) < 4.78 is 29.8. The number of sulfonamides is 1. The van der Waals surface area contributed by atoms with Gasteiger partial charge in [0.2, 0.25) is 0 Å². The number of nitrogens with zero attached hydrogens (tertiary/aromatic N) is 1. The van der Waals surface area contributed by atoms with Crippen molar-refractivity contribution >= 4 is 22.2 Å². The van der Waals surface area contributed by atoms with Crippen molar-refractivity contribution in [3.8, 4) is 0 Å². The van der Waals surface area contributed by atoms with Crippen LogP contribution in [0.3, 0.4) is 0 Å². The fourth-order valence-corrected chi connectivity index (χ4v) is 1.91. The van der Waals surface area contributed by atoms with E-state index in [4.69, 9.17) is 5.11 Å². The normalized spacial score (nSPS) is 19.5. The van der Waals surface area contributed by atoms with Gasteiger partial charge < -0.3 is 9.84 Å². The molecule has 0 saturated heterocycles. The van der Waals surface area contributed by atoms with Gasteiger partial charge in [-0.1, -0.05) is 0 Å². The maximum atomic E-state index is 11.1. The van der Waals surface area contributed by atoms with E-state index >= 15 is 0 Å². The number of carbonyl (C=O) groups is 1. The average molecular weight is 205 g/mol. The standard InChI is InChI=1S/C6H7NO5S/c1-12-3-5-4(6(8)9)2-7-13(5,10)11/h2H,3H2,1H3,(H,8,9). The van der Waals surface area contributed by atoms with Crippen LogP contribution in [0.2, 0.25) is 0 Å². The first kappa shape index (κ1) is 9.87. The van der Waals surface area contributed by atoms with Gasteiger partial charge in [-0.3, -0.25) is 0 Å². The minimum atomic E-state index is -3.80. The van der Waals surface area contributed by atoms with E-state index in [2.05, 4.69) is 9.13 Å². The molecular formula is C6H7NO5S. The van der Waals surface area contributed by atoms with Gasteiger partial charge in [-0.25, -0.2) is 4.79 Å². The second-order valence-electron chi connectivity index (χ2n) is 2.28. The molecule has 0 unspecified atom stereocenters. The summed E-state index contributed by atoms with van der Waals surface area (Å²) in [5.41, 5.74) is -0.332. The van der Waals surface area contributed by atoms with Gasteiger partial charge in [0.1, 0.15) is 4.91 Å². The number of carboxylic acid groups (broad SMARTS) is 1. The van der Waals surface area contributed by atoms with Crippen molar-refractivity contribution in [1.29, 1.82) is 0 Å². The summed E-state index contributed by atoms with van der Waals surface area (Å²) in [5.74, 6) is -1.32. The first-order chi connectivity index (χ1) is 5.99. The van der Waals surface area contributed by atoms with Crippen LogP contribution in [0.5, 0.6) is 0 Å². The molecule has 0 aromatic heterocycles. The number of rotatable bonds is 3. The van der Waals surface area contributed by atoms with E-state index in [0.717, 1.165) is 6.21 Å². The van der Waals surface area contributed by atoms with E-state index in [1.165, 1.54) is 7.11 Å². The van der Waals surface area contributed by atoms with E-state index in [-0.39, 0.29) is 17.1 Å². The predicted molar refractivity (Wildman–Crippen MR) is 43.9 cm³/mol. The highest BCUT2D eigenvalue weighted by atomic mass is 32.2. The van der Waals surface area contributed by atoms with Crippen LogP contribution in [0.25, 0.3) is 0 Å². The second kappa shape index (κ2) is 3.27. The fraction of sp³-hybridized carbons (Fsp3) is 0.333. The third kappa shape index (κ3) is 1.76. The van der Waals surface area contributed by atoms with Crippen LogP contribution in [0.4, 0.5) is 0 Å².